The lowest BCUT2D eigenvalue weighted by atomic mass is 9.85. The van der Waals surface area contributed by atoms with Gasteiger partial charge in [0.1, 0.15) is 0 Å². The molecule has 2 aromatic rings. The number of methoxy groups -OCH3 is 2. The maximum Gasteiger partial charge on any atom is 0.161 e. The largest absolute Gasteiger partial charge is 0.504 e. The first-order valence-electron chi connectivity index (χ1n) is 7.11. The van der Waals surface area contributed by atoms with Gasteiger partial charge >= 0.3 is 0 Å². The second-order valence-electron chi connectivity index (χ2n) is 5.34. The van der Waals surface area contributed by atoms with E-state index in [0.717, 1.165) is 29.8 Å². The Kier molecular flexibility index (Phi) is 3.81. The Labute approximate surface area is 129 Å². The van der Waals surface area contributed by atoms with E-state index in [0.29, 0.717) is 11.5 Å². The zero-order valence-corrected chi connectivity index (χ0v) is 12.6. The van der Waals surface area contributed by atoms with Crippen LogP contribution >= 0.6 is 0 Å². The fourth-order valence-electron chi connectivity index (χ4n) is 2.93. The zero-order valence-electron chi connectivity index (χ0n) is 12.6. The molecule has 5 nitrogen and oxygen atoms in total. The molecule has 0 amide bonds. The number of benzene rings is 2. The summed E-state index contributed by atoms with van der Waals surface area (Å²) in [5.41, 5.74) is 3.22. The van der Waals surface area contributed by atoms with Crippen molar-refractivity contribution in [2.75, 3.05) is 20.8 Å². The highest BCUT2D eigenvalue weighted by Gasteiger charge is 2.24. The summed E-state index contributed by atoms with van der Waals surface area (Å²) in [5.74, 6) is 1.26. The molecule has 3 N–H and O–H groups in total. The van der Waals surface area contributed by atoms with Crippen molar-refractivity contribution in [2.24, 2.45) is 0 Å². The van der Waals surface area contributed by atoms with E-state index in [2.05, 4.69) is 5.32 Å². The van der Waals surface area contributed by atoms with Gasteiger partial charge in [0.25, 0.3) is 0 Å². The maximum absolute atomic E-state index is 9.75. The normalized spacial score (nSPS) is 16.9. The molecule has 0 aliphatic carbocycles. The highest BCUT2D eigenvalue weighted by atomic mass is 16.5. The van der Waals surface area contributed by atoms with Crippen LogP contribution in [-0.4, -0.2) is 31.0 Å². The summed E-state index contributed by atoms with van der Waals surface area (Å²) in [6.07, 6.45) is 0. The number of nitrogens with one attached hydrogen (secondary N) is 1. The molecular weight excluding hydrogens is 282 g/mol. The van der Waals surface area contributed by atoms with E-state index in [1.54, 1.807) is 20.3 Å². The molecule has 22 heavy (non-hydrogen) atoms. The molecule has 2 aromatic carbocycles. The van der Waals surface area contributed by atoms with E-state index in [-0.39, 0.29) is 17.4 Å². The van der Waals surface area contributed by atoms with Crippen molar-refractivity contribution < 1.29 is 19.7 Å². The summed E-state index contributed by atoms with van der Waals surface area (Å²) < 4.78 is 10.7. The van der Waals surface area contributed by atoms with Crippen LogP contribution in [0.2, 0.25) is 0 Å². The SMILES string of the molecule is COc1cc2c(cc1OC)[C@@H](c1ccc(O)c(O)c1)CNC2. The lowest BCUT2D eigenvalue weighted by Gasteiger charge is -2.28. The number of hydrogen-bond donors (Lipinski definition) is 3. The summed E-state index contributed by atoms with van der Waals surface area (Å²) in [6.45, 7) is 1.52. The third kappa shape index (κ3) is 2.44. The smallest absolute Gasteiger partial charge is 0.161 e. The van der Waals surface area contributed by atoms with E-state index >= 15 is 0 Å². The molecule has 0 unspecified atom stereocenters. The summed E-state index contributed by atoms with van der Waals surface area (Å²) in [4.78, 5) is 0. The first-order valence-corrected chi connectivity index (χ1v) is 7.11. The van der Waals surface area contributed by atoms with Gasteiger partial charge in [-0.3, -0.25) is 0 Å². The van der Waals surface area contributed by atoms with Crippen LogP contribution in [0, 0.1) is 0 Å². The number of rotatable bonds is 3. The molecule has 0 saturated carbocycles. The Balaban J connectivity index is 2.08. The first-order chi connectivity index (χ1) is 10.6. The van der Waals surface area contributed by atoms with Crippen molar-refractivity contribution in [1.29, 1.82) is 0 Å². The van der Waals surface area contributed by atoms with Crippen LogP contribution in [0.3, 0.4) is 0 Å². The van der Waals surface area contributed by atoms with Gasteiger partial charge in [-0.1, -0.05) is 6.07 Å². The van der Waals surface area contributed by atoms with Crippen LogP contribution in [0.5, 0.6) is 23.0 Å². The maximum atomic E-state index is 9.75. The van der Waals surface area contributed by atoms with Gasteiger partial charge in [0.15, 0.2) is 23.0 Å². The second kappa shape index (κ2) is 5.77. The Hall–Kier alpha value is -2.40. The number of hydrogen-bond acceptors (Lipinski definition) is 5. The molecule has 1 aliphatic heterocycles. The van der Waals surface area contributed by atoms with Crippen LogP contribution in [-0.2, 0) is 6.54 Å². The molecule has 0 saturated heterocycles. The summed E-state index contributed by atoms with van der Waals surface area (Å²) >= 11 is 0. The molecule has 1 atom stereocenters. The number of phenols is 2. The van der Waals surface area contributed by atoms with Crippen LogP contribution < -0.4 is 14.8 Å². The molecule has 1 heterocycles. The monoisotopic (exact) mass is 301 g/mol. The fraction of sp³-hybridized carbons (Fsp3) is 0.294. The van der Waals surface area contributed by atoms with Crippen LogP contribution in [0.25, 0.3) is 0 Å². The van der Waals surface area contributed by atoms with Crippen LogP contribution in [0.15, 0.2) is 30.3 Å². The molecule has 0 bridgehead atoms. The third-order valence-corrected chi connectivity index (χ3v) is 4.09. The lowest BCUT2D eigenvalue weighted by Crippen LogP contribution is -2.28. The number of ether oxygens (including phenoxy) is 2. The molecule has 0 fully saturated rings. The van der Waals surface area contributed by atoms with Gasteiger partial charge in [-0.05, 0) is 41.0 Å². The highest BCUT2D eigenvalue weighted by Crippen LogP contribution is 2.39. The Morgan fingerprint density at radius 1 is 1.00 bits per heavy atom. The van der Waals surface area contributed by atoms with Crippen LogP contribution in [0.4, 0.5) is 0 Å². The number of aromatic hydroxyl groups is 2. The standard InChI is InChI=1S/C17H19NO4/c1-21-16-6-11-8-18-9-13(12(11)7-17(16)22-2)10-3-4-14(19)15(20)5-10/h3-7,13,18-20H,8-9H2,1-2H3/t13-/m1/s1. The molecule has 3 rings (SSSR count). The van der Waals surface area contributed by atoms with E-state index < -0.39 is 0 Å². The average molecular weight is 301 g/mol. The van der Waals surface area contributed by atoms with Gasteiger partial charge < -0.3 is 25.0 Å². The lowest BCUT2D eigenvalue weighted by molar-refractivity contribution is 0.353. The zero-order chi connectivity index (χ0) is 15.7. The van der Waals surface area contributed by atoms with E-state index in [4.69, 9.17) is 9.47 Å². The quantitative estimate of drug-likeness (QED) is 0.759. The van der Waals surface area contributed by atoms with Gasteiger partial charge in [-0.2, -0.15) is 0 Å². The van der Waals surface area contributed by atoms with Crippen molar-refractivity contribution in [3.8, 4) is 23.0 Å². The third-order valence-electron chi connectivity index (χ3n) is 4.09. The van der Waals surface area contributed by atoms with Gasteiger partial charge in [0.2, 0.25) is 0 Å². The number of fused-ring (bicyclic) bond motifs is 1. The Morgan fingerprint density at radius 3 is 2.41 bits per heavy atom. The molecule has 116 valence electrons. The highest BCUT2D eigenvalue weighted by molar-refractivity contribution is 5.53. The minimum atomic E-state index is -0.111. The molecular formula is C17H19NO4. The molecule has 1 aliphatic rings. The predicted molar refractivity (Wildman–Crippen MR) is 82.9 cm³/mol. The van der Waals surface area contributed by atoms with Gasteiger partial charge in [0, 0.05) is 19.0 Å². The van der Waals surface area contributed by atoms with Crippen molar-refractivity contribution >= 4 is 0 Å². The summed E-state index contributed by atoms with van der Waals surface area (Å²) in [7, 11) is 3.24. The van der Waals surface area contributed by atoms with Gasteiger partial charge in [-0.25, -0.2) is 0 Å². The predicted octanol–water partition coefficient (Wildman–Crippen LogP) is 2.35. The number of phenolic OH excluding ortho intramolecular Hbond substituents is 2. The van der Waals surface area contributed by atoms with E-state index in [1.165, 1.54) is 6.07 Å². The molecule has 5 heteroatoms. The van der Waals surface area contributed by atoms with Crippen molar-refractivity contribution in [3.05, 3.63) is 47.0 Å². The fourth-order valence-corrected chi connectivity index (χ4v) is 2.93. The average Bonchev–Trinajstić information content (AvgIpc) is 2.55. The molecule has 0 radical (unpaired) electrons. The minimum absolute atomic E-state index is 0.0788. The molecule has 0 spiro atoms. The summed E-state index contributed by atoms with van der Waals surface area (Å²) in [6, 6.07) is 8.91. The first kappa shape index (κ1) is 14.5. The minimum Gasteiger partial charge on any atom is -0.504 e. The molecule has 0 aromatic heterocycles. The summed E-state index contributed by atoms with van der Waals surface area (Å²) in [5, 5.41) is 22.6. The van der Waals surface area contributed by atoms with Crippen LogP contribution in [0.1, 0.15) is 22.6 Å². The van der Waals surface area contributed by atoms with E-state index in [1.807, 2.05) is 18.2 Å². The Bertz CT molecular complexity index is 699. The Morgan fingerprint density at radius 2 is 1.73 bits per heavy atom. The topological polar surface area (TPSA) is 71.0 Å². The van der Waals surface area contributed by atoms with Crippen molar-refractivity contribution in [2.45, 2.75) is 12.5 Å². The van der Waals surface area contributed by atoms with E-state index in [9.17, 15) is 10.2 Å². The van der Waals surface area contributed by atoms with Gasteiger partial charge in [0.05, 0.1) is 14.2 Å². The van der Waals surface area contributed by atoms with Crippen molar-refractivity contribution in [3.63, 3.8) is 0 Å². The van der Waals surface area contributed by atoms with Gasteiger partial charge in [-0.15, -0.1) is 0 Å². The van der Waals surface area contributed by atoms with Crippen molar-refractivity contribution in [1.82, 2.24) is 5.32 Å². The second-order valence-corrected chi connectivity index (χ2v) is 5.34.